The molecule has 2 aliphatic rings. The van der Waals surface area contributed by atoms with Gasteiger partial charge in [0.15, 0.2) is 0 Å². The molecule has 0 radical (unpaired) electrons. The molecule has 1 aromatic heterocycles. The Labute approximate surface area is 92.6 Å². The first-order valence-corrected chi connectivity index (χ1v) is 6.18. The van der Waals surface area contributed by atoms with Crippen LogP contribution in [0.1, 0.15) is 16.9 Å². The molecule has 0 saturated carbocycles. The van der Waals surface area contributed by atoms with Crippen LogP contribution in [0.3, 0.4) is 0 Å². The summed E-state index contributed by atoms with van der Waals surface area (Å²) in [5, 5.41) is 2.14. The number of ether oxygens (including phenoxy) is 1. The maximum atomic E-state index is 11.5. The van der Waals surface area contributed by atoms with E-state index in [4.69, 9.17) is 4.74 Å². The van der Waals surface area contributed by atoms with E-state index >= 15 is 0 Å². The van der Waals surface area contributed by atoms with Gasteiger partial charge in [0.05, 0.1) is 6.61 Å². The molecule has 0 bridgehead atoms. The first-order chi connectivity index (χ1) is 7.34. The number of carbonyl (C=O) groups is 1. The fourth-order valence-electron chi connectivity index (χ4n) is 2.35. The molecule has 0 N–H and O–H groups in total. The van der Waals surface area contributed by atoms with Crippen LogP contribution >= 0.6 is 11.3 Å². The fraction of sp³-hybridized carbons (Fsp3) is 0.545. The van der Waals surface area contributed by atoms with E-state index in [1.54, 1.807) is 0 Å². The maximum Gasteiger partial charge on any atom is 0.323 e. The van der Waals surface area contributed by atoms with Gasteiger partial charge in [0.1, 0.15) is 6.04 Å². The van der Waals surface area contributed by atoms with E-state index in [1.165, 1.54) is 10.4 Å². The number of fused-ring (bicyclic) bond motifs is 1. The summed E-state index contributed by atoms with van der Waals surface area (Å²) in [4.78, 5) is 15.2. The molecule has 1 saturated heterocycles. The SMILES string of the molecule is O=C1OCCC1N1CCc2sccc2C1. The zero-order valence-corrected chi connectivity index (χ0v) is 9.26. The zero-order chi connectivity index (χ0) is 10.3. The molecule has 1 aromatic rings. The molecule has 1 unspecified atom stereocenters. The fourth-order valence-corrected chi connectivity index (χ4v) is 3.24. The molecule has 3 rings (SSSR count). The number of rotatable bonds is 1. The number of nitrogens with zero attached hydrogens (tertiary/aromatic N) is 1. The number of cyclic esters (lactones) is 1. The van der Waals surface area contributed by atoms with Crippen LogP contribution < -0.4 is 0 Å². The monoisotopic (exact) mass is 223 g/mol. The topological polar surface area (TPSA) is 29.5 Å². The smallest absolute Gasteiger partial charge is 0.323 e. The lowest BCUT2D eigenvalue weighted by Crippen LogP contribution is -2.41. The Hall–Kier alpha value is -0.870. The average Bonchev–Trinajstić information content (AvgIpc) is 2.84. The van der Waals surface area contributed by atoms with Crippen molar-refractivity contribution in [3.05, 3.63) is 21.9 Å². The molecule has 3 nitrogen and oxygen atoms in total. The van der Waals surface area contributed by atoms with Crippen molar-refractivity contribution < 1.29 is 9.53 Å². The van der Waals surface area contributed by atoms with E-state index in [0.29, 0.717) is 6.61 Å². The molecule has 15 heavy (non-hydrogen) atoms. The van der Waals surface area contributed by atoms with Crippen LogP contribution in [0.4, 0.5) is 0 Å². The Morgan fingerprint density at radius 3 is 3.27 bits per heavy atom. The van der Waals surface area contributed by atoms with Gasteiger partial charge in [0.2, 0.25) is 0 Å². The minimum absolute atomic E-state index is 0.0121. The molecule has 1 atom stereocenters. The van der Waals surface area contributed by atoms with Crippen LogP contribution in [-0.2, 0) is 22.5 Å². The van der Waals surface area contributed by atoms with Gasteiger partial charge in [-0.05, 0) is 23.4 Å². The largest absolute Gasteiger partial charge is 0.464 e. The molecule has 0 amide bonds. The van der Waals surface area contributed by atoms with Gasteiger partial charge < -0.3 is 4.74 Å². The summed E-state index contributed by atoms with van der Waals surface area (Å²) < 4.78 is 5.01. The number of hydrogen-bond donors (Lipinski definition) is 0. The van der Waals surface area contributed by atoms with Crippen molar-refractivity contribution in [2.75, 3.05) is 13.2 Å². The molecular formula is C11H13NO2S. The molecule has 4 heteroatoms. The van der Waals surface area contributed by atoms with E-state index in [0.717, 1.165) is 25.9 Å². The van der Waals surface area contributed by atoms with E-state index < -0.39 is 0 Å². The summed E-state index contributed by atoms with van der Waals surface area (Å²) in [5.74, 6) is -0.0336. The third-order valence-corrected chi connectivity index (χ3v) is 4.21. The minimum atomic E-state index is -0.0336. The van der Waals surface area contributed by atoms with Gasteiger partial charge in [0.25, 0.3) is 0 Å². The van der Waals surface area contributed by atoms with Crippen LogP contribution in [-0.4, -0.2) is 30.1 Å². The van der Waals surface area contributed by atoms with Crippen molar-refractivity contribution in [2.45, 2.75) is 25.4 Å². The molecule has 1 fully saturated rings. The lowest BCUT2D eigenvalue weighted by Gasteiger charge is -2.29. The summed E-state index contributed by atoms with van der Waals surface area (Å²) >= 11 is 1.83. The molecule has 0 spiro atoms. The van der Waals surface area contributed by atoms with Crippen molar-refractivity contribution in [3.8, 4) is 0 Å². The average molecular weight is 223 g/mol. The Morgan fingerprint density at radius 2 is 2.47 bits per heavy atom. The summed E-state index contributed by atoms with van der Waals surface area (Å²) in [5.41, 5.74) is 1.39. The highest BCUT2D eigenvalue weighted by Crippen LogP contribution is 2.27. The second kappa shape index (κ2) is 3.61. The quantitative estimate of drug-likeness (QED) is 0.674. The number of esters is 1. The highest BCUT2D eigenvalue weighted by molar-refractivity contribution is 7.10. The third kappa shape index (κ3) is 1.58. The lowest BCUT2D eigenvalue weighted by molar-refractivity contribution is -0.142. The second-order valence-corrected chi connectivity index (χ2v) is 5.06. The number of thiophene rings is 1. The first-order valence-electron chi connectivity index (χ1n) is 5.30. The minimum Gasteiger partial charge on any atom is -0.464 e. The molecule has 0 aromatic carbocycles. The molecule has 2 aliphatic heterocycles. The lowest BCUT2D eigenvalue weighted by atomic mass is 10.1. The Bertz CT molecular complexity index is 388. The summed E-state index contributed by atoms with van der Waals surface area (Å²) in [6.45, 7) is 2.50. The highest BCUT2D eigenvalue weighted by Gasteiger charge is 2.34. The van der Waals surface area contributed by atoms with Crippen molar-refractivity contribution in [3.63, 3.8) is 0 Å². The Kier molecular flexibility index (Phi) is 2.25. The van der Waals surface area contributed by atoms with Crippen LogP contribution in [0, 0.1) is 0 Å². The third-order valence-electron chi connectivity index (χ3n) is 3.19. The van der Waals surface area contributed by atoms with E-state index in [9.17, 15) is 4.79 Å². The zero-order valence-electron chi connectivity index (χ0n) is 8.44. The second-order valence-electron chi connectivity index (χ2n) is 4.06. The molecular weight excluding hydrogens is 210 g/mol. The maximum absolute atomic E-state index is 11.5. The standard InChI is InChI=1S/C11H13NO2S/c13-11-9(2-5-14-11)12-4-1-10-8(7-12)3-6-15-10/h3,6,9H,1-2,4-5,7H2. The highest BCUT2D eigenvalue weighted by atomic mass is 32.1. The van der Waals surface area contributed by atoms with Gasteiger partial charge in [-0.3, -0.25) is 9.69 Å². The van der Waals surface area contributed by atoms with Crippen molar-refractivity contribution in [2.24, 2.45) is 0 Å². The summed E-state index contributed by atoms with van der Waals surface area (Å²) in [6.07, 6.45) is 1.94. The summed E-state index contributed by atoms with van der Waals surface area (Å²) in [6, 6.07) is 2.19. The number of carbonyl (C=O) groups excluding carboxylic acids is 1. The van der Waals surface area contributed by atoms with Gasteiger partial charge in [-0.15, -0.1) is 11.3 Å². The predicted octanol–water partition coefficient (Wildman–Crippen LogP) is 1.42. The van der Waals surface area contributed by atoms with E-state index in [2.05, 4.69) is 16.3 Å². The first kappa shape index (κ1) is 9.36. The van der Waals surface area contributed by atoms with E-state index in [1.807, 2.05) is 11.3 Å². The van der Waals surface area contributed by atoms with Gasteiger partial charge >= 0.3 is 5.97 Å². The van der Waals surface area contributed by atoms with E-state index in [-0.39, 0.29) is 12.0 Å². The van der Waals surface area contributed by atoms with Crippen LogP contribution in [0.2, 0.25) is 0 Å². The van der Waals surface area contributed by atoms with Gasteiger partial charge in [0, 0.05) is 24.4 Å². The molecule has 3 heterocycles. The summed E-state index contributed by atoms with van der Waals surface area (Å²) in [7, 11) is 0. The van der Waals surface area contributed by atoms with Gasteiger partial charge in [-0.1, -0.05) is 0 Å². The normalized spacial score (nSPS) is 26.4. The molecule has 0 aliphatic carbocycles. The Morgan fingerprint density at radius 1 is 1.53 bits per heavy atom. The van der Waals surface area contributed by atoms with Crippen molar-refractivity contribution in [1.29, 1.82) is 0 Å². The van der Waals surface area contributed by atoms with Gasteiger partial charge in [-0.2, -0.15) is 0 Å². The van der Waals surface area contributed by atoms with Crippen molar-refractivity contribution >= 4 is 17.3 Å². The van der Waals surface area contributed by atoms with Gasteiger partial charge in [-0.25, -0.2) is 0 Å². The van der Waals surface area contributed by atoms with Crippen LogP contribution in [0.15, 0.2) is 11.4 Å². The predicted molar refractivity (Wildman–Crippen MR) is 57.8 cm³/mol. The number of hydrogen-bond acceptors (Lipinski definition) is 4. The van der Waals surface area contributed by atoms with Crippen molar-refractivity contribution in [1.82, 2.24) is 4.90 Å². The Balaban J connectivity index is 1.78. The van der Waals surface area contributed by atoms with Crippen LogP contribution in [0.5, 0.6) is 0 Å². The molecule has 80 valence electrons. The van der Waals surface area contributed by atoms with Crippen LogP contribution in [0.25, 0.3) is 0 Å².